The number of aromatic hydroxyl groups is 1. The number of Topliss-reactive ketones (excluding diaryl/α,β-unsaturated/α-hetero) is 1. The van der Waals surface area contributed by atoms with Crippen molar-refractivity contribution in [2.24, 2.45) is 0 Å². The predicted molar refractivity (Wildman–Crippen MR) is 118 cm³/mol. The Hall–Kier alpha value is -4.26. The van der Waals surface area contributed by atoms with E-state index < -0.39 is 84.3 Å². The number of phenols is 1. The van der Waals surface area contributed by atoms with Gasteiger partial charge in [-0.15, -0.1) is 0 Å². The molecule has 2 aliphatic rings. The summed E-state index contributed by atoms with van der Waals surface area (Å²) >= 11 is 0. The highest BCUT2D eigenvalue weighted by molar-refractivity contribution is 6.24. The minimum atomic E-state index is -1.69. The highest BCUT2D eigenvalue weighted by atomic mass is 16.7. The van der Waals surface area contributed by atoms with Gasteiger partial charge in [0.05, 0.1) is 5.56 Å². The van der Waals surface area contributed by atoms with Gasteiger partial charge in [-0.05, 0) is 12.1 Å². The number of benzene rings is 1. The van der Waals surface area contributed by atoms with Gasteiger partial charge < -0.3 is 33.5 Å². The van der Waals surface area contributed by atoms with Crippen LogP contribution in [0.15, 0.2) is 30.0 Å². The smallest absolute Gasteiger partial charge is 0.303 e. The lowest BCUT2D eigenvalue weighted by atomic mass is 9.92. The maximum atomic E-state index is 13.0. The number of carbonyl (C=O) groups is 6. The Morgan fingerprint density at radius 1 is 0.865 bits per heavy atom. The van der Waals surface area contributed by atoms with Crippen LogP contribution in [0, 0.1) is 0 Å². The third-order valence-electron chi connectivity index (χ3n) is 5.21. The van der Waals surface area contributed by atoms with E-state index in [-0.39, 0.29) is 11.1 Å². The van der Waals surface area contributed by atoms with E-state index in [1.165, 1.54) is 18.2 Å². The minimum absolute atomic E-state index is 0.145. The first-order valence-electron chi connectivity index (χ1n) is 11.0. The predicted octanol–water partition coefficient (Wildman–Crippen LogP) is 0.755. The van der Waals surface area contributed by atoms with Gasteiger partial charge in [-0.1, -0.05) is 6.07 Å². The lowest BCUT2D eigenvalue weighted by molar-refractivity contribution is -0.298. The average molecular weight is 520 g/mol. The summed E-state index contributed by atoms with van der Waals surface area (Å²) in [5, 5.41) is 10.00. The van der Waals surface area contributed by atoms with Crippen molar-refractivity contribution >= 4 is 35.4 Å². The SMILES string of the molecule is CC(=O)OC[C@@H]1O[C@@H](OC2=CC(=O)c3c(O)cccc3C2=O)[C@@H](OC(C)=O)[C@@H](OC(C)=O)[C@H]1OC(C)=O. The Morgan fingerprint density at radius 2 is 1.46 bits per heavy atom. The van der Waals surface area contributed by atoms with Crippen LogP contribution in [0.25, 0.3) is 0 Å². The molecule has 198 valence electrons. The van der Waals surface area contributed by atoms with E-state index in [9.17, 15) is 33.9 Å². The molecule has 13 heteroatoms. The molecule has 1 aromatic carbocycles. The lowest BCUT2D eigenvalue weighted by Crippen LogP contribution is -2.63. The zero-order valence-electron chi connectivity index (χ0n) is 20.2. The number of carbonyl (C=O) groups excluding carboxylic acids is 6. The number of phenolic OH excluding ortho intramolecular Hbond substituents is 1. The van der Waals surface area contributed by atoms with Gasteiger partial charge in [-0.3, -0.25) is 28.8 Å². The maximum absolute atomic E-state index is 13.0. The maximum Gasteiger partial charge on any atom is 0.303 e. The fourth-order valence-corrected chi connectivity index (χ4v) is 3.87. The van der Waals surface area contributed by atoms with Crippen molar-refractivity contribution in [2.75, 3.05) is 6.61 Å². The van der Waals surface area contributed by atoms with Crippen molar-refractivity contribution < 1.29 is 62.3 Å². The summed E-state index contributed by atoms with van der Waals surface area (Å²) in [5.74, 6) is -5.70. The molecule has 37 heavy (non-hydrogen) atoms. The summed E-state index contributed by atoms with van der Waals surface area (Å²) in [6, 6.07) is 3.90. The highest BCUT2D eigenvalue weighted by Crippen LogP contribution is 2.34. The zero-order valence-corrected chi connectivity index (χ0v) is 20.2. The minimum Gasteiger partial charge on any atom is -0.507 e. The average Bonchev–Trinajstić information content (AvgIpc) is 2.78. The van der Waals surface area contributed by atoms with E-state index >= 15 is 0 Å². The Kier molecular flexibility index (Phi) is 8.28. The van der Waals surface area contributed by atoms with Crippen LogP contribution >= 0.6 is 0 Å². The molecule has 0 radical (unpaired) electrons. The topological polar surface area (TPSA) is 178 Å². The summed E-state index contributed by atoms with van der Waals surface area (Å²) in [4.78, 5) is 72.7. The lowest BCUT2D eigenvalue weighted by Gasteiger charge is -2.44. The Morgan fingerprint density at radius 3 is 2.05 bits per heavy atom. The summed E-state index contributed by atoms with van der Waals surface area (Å²) in [7, 11) is 0. The van der Waals surface area contributed by atoms with Crippen LogP contribution in [0.5, 0.6) is 5.75 Å². The van der Waals surface area contributed by atoms with Gasteiger partial charge >= 0.3 is 23.9 Å². The van der Waals surface area contributed by atoms with Crippen molar-refractivity contribution in [2.45, 2.75) is 58.4 Å². The molecule has 1 heterocycles. The molecule has 1 aliphatic heterocycles. The summed E-state index contributed by atoms with van der Waals surface area (Å²) in [5.41, 5.74) is -0.366. The van der Waals surface area contributed by atoms with Crippen molar-refractivity contribution in [3.05, 3.63) is 41.2 Å². The highest BCUT2D eigenvalue weighted by Gasteiger charge is 2.54. The van der Waals surface area contributed by atoms with Gasteiger partial charge in [0.15, 0.2) is 23.8 Å². The molecular weight excluding hydrogens is 496 g/mol. The number of ketones is 2. The first-order valence-corrected chi connectivity index (χ1v) is 11.0. The third-order valence-corrected chi connectivity index (χ3v) is 5.21. The number of fused-ring (bicyclic) bond motifs is 1. The van der Waals surface area contributed by atoms with Crippen LogP contribution < -0.4 is 0 Å². The molecule has 3 rings (SSSR count). The monoisotopic (exact) mass is 520 g/mol. The molecule has 0 bridgehead atoms. The number of hydrogen-bond donors (Lipinski definition) is 1. The number of hydrogen-bond acceptors (Lipinski definition) is 13. The molecule has 1 aromatic rings. The molecule has 0 amide bonds. The summed E-state index contributed by atoms with van der Waals surface area (Å²) < 4.78 is 32.2. The quantitative estimate of drug-likeness (QED) is 0.394. The van der Waals surface area contributed by atoms with E-state index in [1.54, 1.807) is 0 Å². The summed E-state index contributed by atoms with van der Waals surface area (Å²) in [6.07, 6.45) is -6.70. The van der Waals surface area contributed by atoms with Crippen molar-refractivity contribution in [1.29, 1.82) is 0 Å². The van der Waals surface area contributed by atoms with Gasteiger partial charge in [0.25, 0.3) is 0 Å². The van der Waals surface area contributed by atoms with E-state index in [4.69, 9.17) is 28.4 Å². The molecule has 1 saturated heterocycles. The van der Waals surface area contributed by atoms with Crippen LogP contribution in [0.1, 0.15) is 48.4 Å². The molecule has 1 aliphatic carbocycles. The second-order valence-corrected chi connectivity index (χ2v) is 8.09. The standard InChI is InChI=1S/C24H24O13/c1-10(25)32-9-18-21(33-11(2)26)22(34-12(3)27)23(35-13(4)28)24(37-18)36-17-8-16(30)19-14(20(17)31)6-5-7-15(19)29/h5-8,18,21-24,29H,9H2,1-4H3/t18-,21-,22-,23-,24+/m0/s1. The van der Waals surface area contributed by atoms with Gasteiger partial charge in [0, 0.05) is 39.3 Å². The van der Waals surface area contributed by atoms with Crippen LogP contribution in [-0.4, -0.2) is 77.9 Å². The largest absolute Gasteiger partial charge is 0.507 e. The van der Waals surface area contributed by atoms with Crippen molar-refractivity contribution in [3.8, 4) is 5.75 Å². The fourth-order valence-electron chi connectivity index (χ4n) is 3.87. The number of ether oxygens (including phenoxy) is 6. The van der Waals surface area contributed by atoms with Gasteiger partial charge in [0.1, 0.15) is 18.5 Å². The van der Waals surface area contributed by atoms with E-state index in [0.717, 1.165) is 33.8 Å². The van der Waals surface area contributed by atoms with E-state index in [0.29, 0.717) is 0 Å². The normalized spacial score (nSPS) is 24.8. The molecule has 0 unspecified atom stereocenters. The van der Waals surface area contributed by atoms with Gasteiger partial charge in [-0.2, -0.15) is 0 Å². The van der Waals surface area contributed by atoms with Crippen LogP contribution in [-0.2, 0) is 47.6 Å². The summed E-state index contributed by atoms with van der Waals surface area (Å²) in [6.45, 7) is 3.78. The molecule has 1 N–H and O–H groups in total. The zero-order chi connectivity index (χ0) is 27.4. The van der Waals surface area contributed by atoms with Gasteiger partial charge in [0.2, 0.25) is 18.2 Å². The molecule has 0 spiro atoms. The second-order valence-electron chi connectivity index (χ2n) is 8.09. The number of esters is 4. The van der Waals surface area contributed by atoms with E-state index in [1.807, 2.05) is 0 Å². The van der Waals surface area contributed by atoms with Crippen LogP contribution in [0.3, 0.4) is 0 Å². The first kappa shape index (κ1) is 27.3. The van der Waals surface area contributed by atoms with Crippen molar-refractivity contribution in [1.82, 2.24) is 0 Å². The first-order chi connectivity index (χ1) is 17.4. The van der Waals surface area contributed by atoms with Crippen LogP contribution in [0.4, 0.5) is 0 Å². The Balaban J connectivity index is 2.02. The molecular formula is C24H24O13. The molecule has 0 aromatic heterocycles. The van der Waals surface area contributed by atoms with Gasteiger partial charge in [-0.25, -0.2) is 0 Å². The second kappa shape index (κ2) is 11.2. The fraction of sp³-hybridized carbons (Fsp3) is 0.417. The van der Waals surface area contributed by atoms with E-state index in [2.05, 4.69) is 0 Å². The number of allylic oxidation sites excluding steroid dienone is 2. The third kappa shape index (κ3) is 6.30. The Bertz CT molecular complexity index is 1170. The molecule has 5 atom stereocenters. The molecule has 0 saturated carbocycles. The number of rotatable bonds is 7. The molecule has 1 fully saturated rings. The van der Waals surface area contributed by atoms with Crippen LogP contribution in [0.2, 0.25) is 0 Å². The molecule has 13 nitrogen and oxygen atoms in total. The Labute approximate surface area is 210 Å². The van der Waals surface area contributed by atoms with Crippen molar-refractivity contribution in [3.63, 3.8) is 0 Å².